The van der Waals surface area contributed by atoms with Gasteiger partial charge in [0, 0.05) is 20.0 Å². The fourth-order valence-corrected chi connectivity index (χ4v) is 3.97. The molecule has 0 saturated heterocycles. The van der Waals surface area contributed by atoms with Crippen LogP contribution in [0.1, 0.15) is 18.1 Å². The number of nitrogens with two attached hydrogens (primary N) is 1. The smallest absolute Gasteiger partial charge is 0.243 e. The van der Waals surface area contributed by atoms with E-state index in [4.69, 9.17) is 5.73 Å². The lowest BCUT2D eigenvalue weighted by atomic mass is 9.94. The molecule has 7 nitrogen and oxygen atoms in total. The molecule has 0 fully saturated rings. The molecule has 0 bridgehead atoms. The van der Waals surface area contributed by atoms with E-state index in [9.17, 15) is 28.3 Å². The Kier molecular flexibility index (Phi) is 8.71. The summed E-state index contributed by atoms with van der Waals surface area (Å²) in [5.41, 5.74) is 6.58. The Morgan fingerprint density at radius 1 is 0.944 bits per heavy atom. The van der Waals surface area contributed by atoms with Crippen molar-refractivity contribution in [2.45, 2.75) is 31.9 Å². The van der Waals surface area contributed by atoms with Crippen LogP contribution < -0.4 is 11.1 Å². The fraction of sp³-hybridized carbons (Fsp3) is 0.296. The summed E-state index contributed by atoms with van der Waals surface area (Å²) in [6.07, 6.45) is -0.964. The Balaban J connectivity index is 1.86. The number of rotatable bonds is 10. The topological polar surface area (TPSA) is 113 Å². The largest absolute Gasteiger partial charge is 0.392 e. The van der Waals surface area contributed by atoms with Crippen LogP contribution >= 0.6 is 0 Å². The number of carbonyl (C=O) groups excluding carboxylic acids is 3. The van der Waals surface area contributed by atoms with Gasteiger partial charge in [-0.15, -0.1) is 0 Å². The van der Waals surface area contributed by atoms with E-state index < -0.39 is 47.4 Å². The van der Waals surface area contributed by atoms with E-state index in [1.165, 1.54) is 20.0 Å². The van der Waals surface area contributed by atoms with E-state index >= 15 is 0 Å². The molecule has 3 atom stereocenters. The maximum atomic E-state index is 13.8. The molecular weight excluding hydrogens is 468 g/mol. The van der Waals surface area contributed by atoms with Gasteiger partial charge < -0.3 is 21.1 Å². The third-order valence-electron chi connectivity index (χ3n) is 6.00. The van der Waals surface area contributed by atoms with Crippen molar-refractivity contribution in [1.29, 1.82) is 0 Å². The minimum Gasteiger partial charge on any atom is -0.392 e. The fourth-order valence-electron chi connectivity index (χ4n) is 3.97. The standard InChI is InChI=1S/C27H29F2N3O4/c1-16(33)15-31-26(35)24(14-18-8-10-22(28)23(29)13-18)32(2)27(36)21(25(30)34)12-17-7-9-19-5-3-4-6-20(19)11-17/h3-11,13,16,21,24,33H,12,14-15H2,1-2H3,(H2,30,34)(H,31,35)/t16-,21+,24+/m0/s1. The quantitative estimate of drug-likeness (QED) is 0.373. The van der Waals surface area contributed by atoms with Gasteiger partial charge in [0.05, 0.1) is 6.10 Å². The van der Waals surface area contributed by atoms with Crippen LogP contribution in [0.2, 0.25) is 0 Å². The van der Waals surface area contributed by atoms with Crippen molar-refractivity contribution in [3.05, 3.63) is 83.4 Å². The van der Waals surface area contributed by atoms with Crippen molar-refractivity contribution in [2.75, 3.05) is 13.6 Å². The Morgan fingerprint density at radius 2 is 1.58 bits per heavy atom. The molecule has 3 amide bonds. The maximum Gasteiger partial charge on any atom is 0.243 e. The minimum absolute atomic E-state index is 0.0243. The number of fused-ring (bicyclic) bond motifs is 1. The zero-order valence-electron chi connectivity index (χ0n) is 20.1. The van der Waals surface area contributed by atoms with Gasteiger partial charge in [0.25, 0.3) is 0 Å². The summed E-state index contributed by atoms with van der Waals surface area (Å²) in [7, 11) is 1.35. The van der Waals surface area contributed by atoms with E-state index in [-0.39, 0.29) is 24.9 Å². The number of amides is 3. The monoisotopic (exact) mass is 497 g/mol. The zero-order chi connectivity index (χ0) is 26.4. The van der Waals surface area contributed by atoms with Crippen molar-refractivity contribution in [2.24, 2.45) is 11.7 Å². The molecule has 3 aromatic carbocycles. The predicted molar refractivity (Wildman–Crippen MR) is 132 cm³/mol. The Hall–Kier alpha value is -3.85. The number of carbonyl (C=O) groups is 3. The van der Waals surface area contributed by atoms with Gasteiger partial charge in [-0.2, -0.15) is 0 Å². The number of primary amides is 1. The van der Waals surface area contributed by atoms with Crippen molar-refractivity contribution in [3.8, 4) is 0 Å². The normalized spacial score (nSPS) is 13.6. The number of aliphatic hydroxyl groups is 1. The highest BCUT2D eigenvalue weighted by Crippen LogP contribution is 2.20. The number of benzene rings is 3. The molecule has 190 valence electrons. The minimum atomic E-state index is -1.26. The van der Waals surface area contributed by atoms with E-state index in [1.807, 2.05) is 36.4 Å². The lowest BCUT2D eigenvalue weighted by molar-refractivity contribution is -0.145. The second-order valence-corrected chi connectivity index (χ2v) is 8.85. The number of hydrogen-bond donors (Lipinski definition) is 3. The summed E-state index contributed by atoms with van der Waals surface area (Å²) in [5, 5.41) is 14.0. The molecule has 0 saturated carbocycles. The Morgan fingerprint density at radius 3 is 2.22 bits per heavy atom. The summed E-state index contributed by atoms with van der Waals surface area (Å²) < 4.78 is 27.2. The van der Waals surface area contributed by atoms with Crippen LogP contribution in [-0.4, -0.2) is 53.5 Å². The van der Waals surface area contributed by atoms with Crippen LogP contribution in [-0.2, 0) is 27.2 Å². The molecule has 0 aliphatic rings. The van der Waals surface area contributed by atoms with Crippen LogP contribution in [0.3, 0.4) is 0 Å². The molecule has 4 N–H and O–H groups in total. The highest BCUT2D eigenvalue weighted by molar-refractivity contribution is 6.01. The van der Waals surface area contributed by atoms with Gasteiger partial charge in [-0.3, -0.25) is 14.4 Å². The molecule has 3 rings (SSSR count). The first kappa shape index (κ1) is 26.7. The average Bonchev–Trinajstić information content (AvgIpc) is 2.85. The molecule has 0 heterocycles. The van der Waals surface area contributed by atoms with Crippen molar-refractivity contribution in [3.63, 3.8) is 0 Å². The van der Waals surface area contributed by atoms with Gasteiger partial charge in [-0.25, -0.2) is 8.78 Å². The van der Waals surface area contributed by atoms with Gasteiger partial charge in [0.15, 0.2) is 11.6 Å². The number of nitrogens with one attached hydrogen (secondary N) is 1. The molecule has 0 aliphatic carbocycles. The number of hydrogen-bond acceptors (Lipinski definition) is 4. The molecule has 9 heteroatoms. The molecule has 0 unspecified atom stereocenters. The summed E-state index contributed by atoms with van der Waals surface area (Å²) in [6, 6.07) is 15.2. The zero-order valence-corrected chi connectivity index (χ0v) is 20.1. The number of nitrogens with zero attached hydrogens (tertiary/aromatic N) is 1. The third kappa shape index (κ3) is 6.63. The molecular formula is C27H29F2N3O4. The van der Waals surface area contributed by atoms with Crippen LogP contribution in [0.25, 0.3) is 10.8 Å². The summed E-state index contributed by atoms with van der Waals surface area (Å²) in [6.45, 7) is 1.40. The van der Waals surface area contributed by atoms with E-state index in [0.29, 0.717) is 0 Å². The molecule has 36 heavy (non-hydrogen) atoms. The van der Waals surface area contributed by atoms with Crippen molar-refractivity contribution >= 4 is 28.5 Å². The number of likely N-dealkylation sites (N-methyl/N-ethyl adjacent to an activating group) is 1. The van der Waals surface area contributed by atoms with Gasteiger partial charge in [-0.05, 0) is 47.4 Å². The summed E-state index contributed by atoms with van der Waals surface area (Å²) in [5.74, 6) is -5.54. The highest BCUT2D eigenvalue weighted by atomic mass is 19.2. The Bertz CT molecular complexity index is 1260. The molecule has 0 aromatic heterocycles. The first-order valence-corrected chi connectivity index (χ1v) is 11.5. The van der Waals surface area contributed by atoms with E-state index in [1.54, 1.807) is 6.07 Å². The van der Waals surface area contributed by atoms with Crippen molar-refractivity contribution in [1.82, 2.24) is 10.2 Å². The van der Waals surface area contributed by atoms with Crippen LogP contribution in [0.5, 0.6) is 0 Å². The molecule has 3 aromatic rings. The second kappa shape index (κ2) is 11.7. The molecule has 0 radical (unpaired) electrons. The maximum absolute atomic E-state index is 13.8. The number of aliphatic hydroxyl groups excluding tert-OH is 1. The lowest BCUT2D eigenvalue weighted by Gasteiger charge is -2.30. The lowest BCUT2D eigenvalue weighted by Crippen LogP contribution is -2.53. The SMILES string of the molecule is C[C@H](O)CNC(=O)[C@@H](Cc1ccc(F)c(F)c1)N(C)C(=O)[C@H](Cc1ccc2ccccc2c1)C(N)=O. The molecule has 0 aliphatic heterocycles. The first-order chi connectivity index (χ1) is 17.1. The van der Waals surface area contributed by atoms with Gasteiger partial charge >= 0.3 is 0 Å². The van der Waals surface area contributed by atoms with Gasteiger partial charge in [0.2, 0.25) is 17.7 Å². The van der Waals surface area contributed by atoms with E-state index in [2.05, 4.69) is 5.32 Å². The van der Waals surface area contributed by atoms with E-state index in [0.717, 1.165) is 33.4 Å². The average molecular weight is 498 g/mol. The first-order valence-electron chi connectivity index (χ1n) is 11.5. The molecule has 0 spiro atoms. The predicted octanol–water partition coefficient (Wildman–Crippen LogP) is 2.33. The van der Waals surface area contributed by atoms with Gasteiger partial charge in [-0.1, -0.05) is 48.5 Å². The number of halogens is 2. The second-order valence-electron chi connectivity index (χ2n) is 8.85. The summed E-state index contributed by atoms with van der Waals surface area (Å²) >= 11 is 0. The third-order valence-corrected chi connectivity index (χ3v) is 6.00. The van der Waals surface area contributed by atoms with Crippen LogP contribution in [0.15, 0.2) is 60.7 Å². The Labute approximate surface area is 207 Å². The van der Waals surface area contributed by atoms with Crippen molar-refractivity contribution < 1.29 is 28.3 Å². The van der Waals surface area contributed by atoms with Crippen LogP contribution in [0.4, 0.5) is 8.78 Å². The summed E-state index contributed by atoms with van der Waals surface area (Å²) in [4.78, 5) is 39.8. The van der Waals surface area contributed by atoms with Gasteiger partial charge in [0.1, 0.15) is 12.0 Å². The van der Waals surface area contributed by atoms with Crippen LogP contribution in [0, 0.1) is 17.6 Å². The highest BCUT2D eigenvalue weighted by Gasteiger charge is 2.34.